The molecule has 0 amide bonds. The molecule has 0 rings (SSSR count). The van der Waals surface area contributed by atoms with Gasteiger partial charge in [0.15, 0.2) is 0 Å². The van der Waals surface area contributed by atoms with Crippen molar-refractivity contribution in [2.24, 2.45) is 0 Å². The van der Waals surface area contributed by atoms with E-state index in [0.717, 1.165) is 0 Å². The summed E-state index contributed by atoms with van der Waals surface area (Å²) in [6.45, 7) is 1.59. The molecule has 0 heterocycles. The Morgan fingerprint density at radius 3 is 2.00 bits per heavy atom. The minimum Gasteiger partial charge on any atom is -0.278 e. The molecule has 0 aromatic rings. The molecule has 0 spiro atoms. The molecule has 0 radical (unpaired) electrons. The Labute approximate surface area is 27.9 Å². The lowest BCUT2D eigenvalue weighted by atomic mass is 12.0. The van der Waals surface area contributed by atoms with Gasteiger partial charge in [-0.05, 0) is 0 Å². The second kappa shape index (κ2) is 1.69. The van der Waals surface area contributed by atoms with Crippen molar-refractivity contribution in [2.75, 3.05) is 6.66 Å². The molecule has 1 nitrogen and oxygen atoms in total. The van der Waals surface area contributed by atoms with Gasteiger partial charge in [0, 0.05) is 6.66 Å². The van der Waals surface area contributed by atoms with Gasteiger partial charge in [-0.3, -0.25) is 4.57 Å². The molecule has 1 atom stereocenters. The zero-order valence-corrected chi connectivity index (χ0v) is 4.25. The Morgan fingerprint density at radius 1 is 2.00 bits per heavy atom. The normalized spacial score (nSPS) is 10.8. The van der Waals surface area contributed by atoms with Crippen molar-refractivity contribution in [3.05, 3.63) is 0 Å². The van der Waals surface area contributed by atoms with Crippen LogP contribution < -0.4 is 0 Å². The first kappa shape index (κ1) is 4.40. The Morgan fingerprint density at radius 2 is 2.00 bits per heavy atom. The van der Waals surface area contributed by atoms with Gasteiger partial charge in [-0.15, -0.1) is 0 Å². The zero-order chi connectivity index (χ0) is 3.58. The first-order valence-electron chi connectivity index (χ1n) is 0.853. The van der Waals surface area contributed by atoms with E-state index in [1.807, 2.05) is 0 Å². The fourth-order valence-corrected chi connectivity index (χ4v) is 0. The summed E-state index contributed by atoms with van der Waals surface area (Å²) in [7, 11) is 1.76. The predicted molar refractivity (Wildman–Crippen MR) is 21.8 cm³/mol. The first-order valence-corrected chi connectivity index (χ1v) is 3.90. The van der Waals surface area contributed by atoms with E-state index < -0.39 is 7.09 Å². The molecule has 3 heteroatoms. The van der Waals surface area contributed by atoms with E-state index >= 15 is 0 Å². The minimum absolute atomic E-state index is 1.06. The molecule has 0 saturated carbocycles. The van der Waals surface area contributed by atoms with Crippen LogP contribution in [0, 0.1) is 0 Å². The molecule has 0 N–H and O–H groups in total. The van der Waals surface area contributed by atoms with Crippen LogP contribution in [0.2, 0.25) is 0 Å². The van der Waals surface area contributed by atoms with Crippen molar-refractivity contribution in [3.63, 3.8) is 0 Å². The fraction of sp³-hybridized carbons (Fsp3) is 1.00. The van der Waals surface area contributed by atoms with Gasteiger partial charge in [-0.2, -0.15) is 0 Å². The molecular weight excluding hydrogens is 90.0 g/mol. The Hall–Kier alpha value is 0.400. The molecule has 0 saturated heterocycles. The van der Waals surface area contributed by atoms with Crippen LogP contribution in [0.1, 0.15) is 0 Å². The lowest BCUT2D eigenvalue weighted by Crippen LogP contribution is -1.07. The molecule has 0 aliphatic rings. The molecule has 0 aliphatic carbocycles. The van der Waals surface area contributed by atoms with Crippen LogP contribution in [0.4, 0.5) is 0 Å². The lowest BCUT2D eigenvalue weighted by Gasteiger charge is -1.40. The van der Waals surface area contributed by atoms with E-state index in [9.17, 15) is 4.57 Å². The topological polar surface area (TPSA) is 17.1 Å². The van der Waals surface area contributed by atoms with E-state index in [1.165, 1.54) is 0 Å². The van der Waals surface area contributed by atoms with Crippen LogP contribution in [0.25, 0.3) is 0 Å². The van der Waals surface area contributed by atoms with Crippen molar-refractivity contribution in [2.45, 2.75) is 0 Å². The van der Waals surface area contributed by atoms with E-state index in [-0.39, 0.29) is 0 Å². The molecule has 0 bridgehead atoms. The maximum atomic E-state index is 9.51. The van der Waals surface area contributed by atoms with Gasteiger partial charge >= 0.3 is 0 Å². The second-order valence-corrected chi connectivity index (χ2v) is 3.38. The van der Waals surface area contributed by atoms with Crippen LogP contribution >= 0.6 is 15.6 Å². The summed E-state index contributed by atoms with van der Waals surface area (Å²) in [6, 6.07) is 0. The standard InChI is InChI=1S/CH4OP2/c1-4(2)3/h3H,1H3. The monoisotopic (exact) mass is 94.0 g/mol. The third-order valence-electron chi connectivity index (χ3n) is 0. The molecule has 0 aromatic heterocycles. The highest BCUT2D eigenvalue weighted by Crippen LogP contribution is 1.99. The van der Waals surface area contributed by atoms with Crippen molar-refractivity contribution in [1.82, 2.24) is 0 Å². The number of rotatable bonds is 0. The van der Waals surface area contributed by atoms with Gasteiger partial charge in [0.1, 0.15) is 7.09 Å². The highest BCUT2D eigenvalue weighted by atomic mass is 31.7. The smallest absolute Gasteiger partial charge is 0.113 e. The van der Waals surface area contributed by atoms with Crippen LogP contribution in [0.3, 0.4) is 0 Å². The first-order chi connectivity index (χ1) is 1.73. The number of hydrogen-bond donors (Lipinski definition) is 0. The number of hydrogen-bond acceptors (Lipinski definition) is 1. The minimum atomic E-state index is -1.06. The van der Waals surface area contributed by atoms with Crippen molar-refractivity contribution >= 4 is 15.6 Å². The summed E-state index contributed by atoms with van der Waals surface area (Å²) in [5, 5.41) is 0. The third-order valence-corrected chi connectivity index (χ3v) is 0. The van der Waals surface area contributed by atoms with Gasteiger partial charge < -0.3 is 0 Å². The largest absolute Gasteiger partial charge is 0.278 e. The van der Waals surface area contributed by atoms with Crippen molar-refractivity contribution < 1.29 is 4.57 Å². The maximum absolute atomic E-state index is 9.51. The molecular formula is CH4OP2. The second-order valence-electron chi connectivity index (χ2n) is 0.497. The molecule has 4 heavy (non-hydrogen) atoms. The summed E-state index contributed by atoms with van der Waals surface area (Å²) in [6.07, 6.45) is 0. The third kappa shape index (κ3) is 29.4. The zero-order valence-electron chi connectivity index (χ0n) is 2.36. The van der Waals surface area contributed by atoms with Crippen LogP contribution in [-0.4, -0.2) is 6.66 Å². The molecule has 24 valence electrons. The summed E-state index contributed by atoms with van der Waals surface area (Å²) >= 11 is 0. The van der Waals surface area contributed by atoms with Crippen LogP contribution in [0.5, 0.6) is 0 Å². The van der Waals surface area contributed by atoms with E-state index in [1.54, 1.807) is 6.66 Å². The van der Waals surface area contributed by atoms with E-state index in [0.29, 0.717) is 0 Å². The average molecular weight is 94.0 g/mol. The Balaban J connectivity index is 3.51. The quantitative estimate of drug-likeness (QED) is 0.415. The van der Waals surface area contributed by atoms with Gasteiger partial charge in [0.2, 0.25) is 0 Å². The van der Waals surface area contributed by atoms with Crippen LogP contribution in [-0.2, 0) is 4.57 Å². The fourth-order valence-electron chi connectivity index (χ4n) is 0. The lowest BCUT2D eigenvalue weighted by molar-refractivity contribution is 0.600. The maximum Gasteiger partial charge on any atom is 0.113 e. The summed E-state index contributed by atoms with van der Waals surface area (Å²) in [5.41, 5.74) is 0. The molecule has 0 fully saturated rings. The highest BCUT2D eigenvalue weighted by molar-refractivity contribution is 7.77. The SMILES string of the molecule is CP(=O)=P. The Kier molecular flexibility index (Phi) is 1.86. The van der Waals surface area contributed by atoms with E-state index in [4.69, 9.17) is 0 Å². The van der Waals surface area contributed by atoms with Crippen molar-refractivity contribution in [3.8, 4) is 0 Å². The Bertz CT molecular complexity index is 54.4. The summed E-state index contributed by atoms with van der Waals surface area (Å²) in [4.78, 5) is 0. The molecule has 1 unspecified atom stereocenters. The van der Waals surface area contributed by atoms with E-state index in [2.05, 4.69) is 8.53 Å². The molecule has 0 aliphatic heterocycles. The summed E-state index contributed by atoms with van der Waals surface area (Å²) in [5.74, 6) is 0. The highest BCUT2D eigenvalue weighted by Gasteiger charge is 1.44. The van der Waals surface area contributed by atoms with Crippen LogP contribution in [0.15, 0.2) is 0 Å². The predicted octanol–water partition coefficient (Wildman–Crippen LogP) is 1.50. The van der Waals surface area contributed by atoms with Gasteiger partial charge in [-0.25, -0.2) is 0 Å². The summed E-state index contributed by atoms with van der Waals surface area (Å²) < 4.78 is 9.51. The molecule has 0 aromatic carbocycles. The average Bonchev–Trinajstić information content (AvgIpc) is 0.811. The van der Waals surface area contributed by atoms with Gasteiger partial charge in [0.05, 0.1) is 0 Å². The van der Waals surface area contributed by atoms with Gasteiger partial charge in [-0.1, -0.05) is 8.53 Å². The van der Waals surface area contributed by atoms with Crippen molar-refractivity contribution in [1.29, 1.82) is 0 Å². The van der Waals surface area contributed by atoms with Gasteiger partial charge in [0.25, 0.3) is 0 Å².